The summed E-state index contributed by atoms with van der Waals surface area (Å²) in [6.07, 6.45) is -2.62. The zero-order valence-electron chi connectivity index (χ0n) is 16.6. The van der Waals surface area contributed by atoms with Gasteiger partial charge in [-0.3, -0.25) is 19.2 Å². The van der Waals surface area contributed by atoms with Gasteiger partial charge in [0.15, 0.2) is 6.17 Å². The predicted molar refractivity (Wildman–Crippen MR) is 104 cm³/mol. The quantitative estimate of drug-likeness (QED) is 0.518. The molecule has 3 aliphatic rings. The van der Waals surface area contributed by atoms with Crippen LogP contribution in [0.3, 0.4) is 0 Å². The third kappa shape index (κ3) is 3.43. The highest BCUT2D eigenvalue weighted by Gasteiger charge is 2.43. The van der Waals surface area contributed by atoms with Gasteiger partial charge < -0.3 is 16.2 Å². The van der Waals surface area contributed by atoms with Crippen molar-refractivity contribution in [3.05, 3.63) is 31.4 Å². The smallest absolute Gasteiger partial charge is 0.329 e. The summed E-state index contributed by atoms with van der Waals surface area (Å²) in [5.41, 5.74) is 10.4. The molecule has 8 nitrogen and oxygen atoms in total. The van der Waals surface area contributed by atoms with Crippen molar-refractivity contribution in [1.29, 1.82) is 0 Å². The lowest BCUT2D eigenvalue weighted by molar-refractivity contribution is 0.115. The summed E-state index contributed by atoms with van der Waals surface area (Å²) in [6.45, 7) is 0.713. The summed E-state index contributed by atoms with van der Waals surface area (Å²) < 4.78 is 47.9. The van der Waals surface area contributed by atoms with Gasteiger partial charge in [0.1, 0.15) is 11.8 Å². The van der Waals surface area contributed by atoms with Crippen molar-refractivity contribution >= 4 is 11.5 Å². The van der Waals surface area contributed by atoms with Gasteiger partial charge in [0, 0.05) is 25.0 Å². The van der Waals surface area contributed by atoms with E-state index in [-0.39, 0.29) is 34.0 Å². The van der Waals surface area contributed by atoms with E-state index in [1.807, 2.05) is 0 Å². The Balaban J connectivity index is 1.81. The number of hydrogen-bond acceptors (Lipinski definition) is 6. The number of likely N-dealkylation sites (tertiary alicyclic amines) is 1. The average Bonchev–Trinajstić information content (AvgIpc) is 3.38. The normalized spacial score (nSPS) is 28.1. The molecule has 4 unspecified atom stereocenters. The number of methoxy groups -OCH3 is 1. The first kappa shape index (κ1) is 21.0. The summed E-state index contributed by atoms with van der Waals surface area (Å²) in [5, 5.41) is 0.137. The lowest BCUT2D eigenvalue weighted by Crippen LogP contribution is -2.63. The number of H-pyrrole nitrogens is 1. The van der Waals surface area contributed by atoms with Crippen LogP contribution in [0.15, 0.2) is 9.59 Å². The molecule has 0 aromatic carbocycles. The Labute approximate surface area is 170 Å². The van der Waals surface area contributed by atoms with Gasteiger partial charge in [0.2, 0.25) is 6.43 Å². The van der Waals surface area contributed by atoms with Crippen LogP contribution in [0.1, 0.15) is 31.7 Å². The van der Waals surface area contributed by atoms with Crippen molar-refractivity contribution in [3.63, 3.8) is 0 Å². The molecule has 4 rings (SSSR count). The highest BCUT2D eigenvalue weighted by molar-refractivity contribution is 5.60. The summed E-state index contributed by atoms with van der Waals surface area (Å²) in [6, 6.07) is -1.77. The fourth-order valence-electron chi connectivity index (χ4n) is 4.71. The van der Waals surface area contributed by atoms with E-state index in [2.05, 4.69) is 4.98 Å². The molecule has 1 saturated carbocycles. The van der Waals surface area contributed by atoms with E-state index in [4.69, 9.17) is 16.2 Å². The molecule has 2 fully saturated rings. The molecular formula is C19H26F3N5O3. The zero-order chi connectivity index (χ0) is 21.7. The van der Waals surface area contributed by atoms with Crippen LogP contribution in [0.4, 0.5) is 13.2 Å². The molecule has 0 spiro atoms. The van der Waals surface area contributed by atoms with Gasteiger partial charge >= 0.3 is 5.69 Å². The fraction of sp³-hybridized carbons (Fsp3) is 0.684. The number of rotatable bonds is 6. The monoisotopic (exact) mass is 429 g/mol. The number of nitrogens with one attached hydrogen (secondary N) is 1. The Kier molecular flexibility index (Phi) is 5.43. The molecule has 1 aromatic rings. The van der Waals surface area contributed by atoms with Crippen LogP contribution in [0, 0.1) is 5.92 Å². The predicted octanol–water partition coefficient (Wildman–Crippen LogP) is -1.28. The number of alkyl halides is 3. The van der Waals surface area contributed by atoms with E-state index in [9.17, 15) is 18.4 Å². The molecule has 2 aliphatic carbocycles. The van der Waals surface area contributed by atoms with Crippen LogP contribution in [0.2, 0.25) is 0 Å². The molecule has 2 heterocycles. The lowest BCUT2D eigenvalue weighted by atomic mass is 9.96. The number of ether oxygens (including phenoxy) is 1. The molecule has 5 N–H and O–H groups in total. The number of fused-ring (bicyclic) bond motifs is 1. The standard InChI is InChI=1S/C19H26F3N5O3/c1-30-17-15-12(18(28)25-19(29)27(15)9-2-3-9)14(24)13(22)16(17)26-5-4-8(7-26)10(23)6-11(20)21/h8-11,13,16H,2-7,23-24H2,1H3,(H,25,28,29). The second-order valence-corrected chi connectivity index (χ2v) is 8.29. The molecule has 0 amide bonds. The largest absolute Gasteiger partial charge is 0.497 e. The zero-order valence-corrected chi connectivity index (χ0v) is 16.6. The van der Waals surface area contributed by atoms with Crippen molar-refractivity contribution in [1.82, 2.24) is 14.5 Å². The highest BCUT2D eigenvalue weighted by Crippen LogP contribution is 2.34. The van der Waals surface area contributed by atoms with Gasteiger partial charge in [-0.2, -0.15) is 0 Å². The van der Waals surface area contributed by atoms with E-state index >= 15 is 4.39 Å². The first-order chi connectivity index (χ1) is 14.2. The van der Waals surface area contributed by atoms with Gasteiger partial charge in [0.05, 0.1) is 23.4 Å². The minimum atomic E-state index is -2.51. The first-order valence-corrected chi connectivity index (χ1v) is 10.1. The molecule has 4 atom stereocenters. The third-order valence-electron chi connectivity index (χ3n) is 6.35. The number of aromatic amines is 1. The molecule has 1 saturated heterocycles. The maximum Gasteiger partial charge on any atom is 0.329 e. The summed E-state index contributed by atoms with van der Waals surface area (Å²) >= 11 is 0. The van der Waals surface area contributed by atoms with Crippen LogP contribution >= 0.6 is 0 Å². The average molecular weight is 429 g/mol. The number of halogens is 3. The number of aromatic nitrogens is 2. The fourth-order valence-corrected chi connectivity index (χ4v) is 4.71. The van der Waals surface area contributed by atoms with E-state index in [0.717, 1.165) is 12.8 Å². The Bertz CT molecular complexity index is 1060. The van der Waals surface area contributed by atoms with E-state index in [0.29, 0.717) is 19.5 Å². The van der Waals surface area contributed by atoms with Crippen LogP contribution in [-0.2, 0) is 4.74 Å². The summed E-state index contributed by atoms with van der Waals surface area (Å²) in [7, 11) is 1.36. The molecule has 1 aliphatic heterocycles. The minimum absolute atomic E-state index is 0.0766. The van der Waals surface area contributed by atoms with Crippen molar-refractivity contribution in [3.8, 4) is 0 Å². The van der Waals surface area contributed by atoms with Crippen molar-refractivity contribution < 1.29 is 17.9 Å². The van der Waals surface area contributed by atoms with Crippen molar-refractivity contribution in [2.75, 3.05) is 20.2 Å². The Morgan fingerprint density at radius 1 is 1.27 bits per heavy atom. The molecule has 11 heteroatoms. The topological polar surface area (TPSA) is 119 Å². The second-order valence-electron chi connectivity index (χ2n) is 8.29. The highest BCUT2D eigenvalue weighted by atomic mass is 19.3. The summed E-state index contributed by atoms with van der Waals surface area (Å²) in [5.74, 6) is -0.0680. The molecule has 0 bridgehead atoms. The third-order valence-corrected chi connectivity index (χ3v) is 6.35. The van der Waals surface area contributed by atoms with Gasteiger partial charge in [-0.05, 0) is 31.7 Å². The van der Waals surface area contributed by atoms with Crippen molar-refractivity contribution in [2.45, 2.75) is 56.4 Å². The van der Waals surface area contributed by atoms with E-state index < -0.39 is 42.4 Å². The Hall–Kier alpha value is -2.27. The lowest BCUT2D eigenvalue weighted by Gasteiger charge is -2.34. The van der Waals surface area contributed by atoms with Crippen LogP contribution in [0.25, 0.3) is 11.5 Å². The minimum Gasteiger partial charge on any atom is -0.497 e. The van der Waals surface area contributed by atoms with E-state index in [1.165, 1.54) is 11.7 Å². The molecule has 30 heavy (non-hydrogen) atoms. The molecule has 1 aromatic heterocycles. The molecule has 166 valence electrons. The Morgan fingerprint density at radius 2 is 1.97 bits per heavy atom. The maximum atomic E-state index is 15.5. The molecular weight excluding hydrogens is 403 g/mol. The van der Waals surface area contributed by atoms with Gasteiger partial charge in [0.25, 0.3) is 5.56 Å². The SMILES string of the molecule is COC1=c2c(c(=O)[nH]c(=O)n2C2CC2)=C(N)C(F)C1N1CCC(C(N)CC(F)F)C1. The number of hydrogen-bond donors (Lipinski definition) is 3. The number of nitrogens with two attached hydrogens (primary N) is 2. The summed E-state index contributed by atoms with van der Waals surface area (Å²) in [4.78, 5) is 29.0. The van der Waals surface area contributed by atoms with Crippen LogP contribution in [-0.4, -0.2) is 59.3 Å². The van der Waals surface area contributed by atoms with Crippen molar-refractivity contribution in [2.24, 2.45) is 17.4 Å². The molecule has 0 radical (unpaired) electrons. The second kappa shape index (κ2) is 7.77. The van der Waals surface area contributed by atoms with Crippen LogP contribution in [0.5, 0.6) is 0 Å². The van der Waals surface area contributed by atoms with Gasteiger partial charge in [-0.25, -0.2) is 18.0 Å². The van der Waals surface area contributed by atoms with Gasteiger partial charge in [-0.1, -0.05) is 0 Å². The first-order valence-electron chi connectivity index (χ1n) is 10.1. The van der Waals surface area contributed by atoms with E-state index in [1.54, 1.807) is 4.90 Å². The van der Waals surface area contributed by atoms with Crippen LogP contribution < -0.4 is 33.3 Å². The Morgan fingerprint density at radius 3 is 2.57 bits per heavy atom. The van der Waals surface area contributed by atoms with Gasteiger partial charge in [-0.15, -0.1) is 0 Å². The number of nitrogens with zero attached hydrogens (tertiary/aromatic N) is 2. The maximum absolute atomic E-state index is 15.5.